The molecule has 6 aromatic rings. The highest BCUT2D eigenvalue weighted by molar-refractivity contribution is 5.86. The second-order valence-electron chi connectivity index (χ2n) is 11.0. The molecule has 0 amide bonds. The Morgan fingerprint density at radius 3 is 2.17 bits per heavy atom. The van der Waals surface area contributed by atoms with Crippen molar-refractivity contribution in [2.24, 2.45) is 0 Å². The summed E-state index contributed by atoms with van der Waals surface area (Å²) in [6.07, 6.45) is 1.65. The first kappa shape index (κ1) is 28.9. The van der Waals surface area contributed by atoms with Crippen LogP contribution in [0, 0.1) is 10.1 Å². The van der Waals surface area contributed by atoms with Crippen molar-refractivity contribution in [3.63, 3.8) is 0 Å². The van der Waals surface area contributed by atoms with Gasteiger partial charge in [0.1, 0.15) is 6.33 Å². The number of anilines is 4. The molecule has 0 saturated carbocycles. The van der Waals surface area contributed by atoms with Crippen molar-refractivity contribution >= 4 is 40.0 Å². The number of nitro groups is 1. The number of non-ortho nitro benzene ring substituents is 1. The maximum absolute atomic E-state index is 11.6. The normalized spacial score (nSPS) is 13.1. The topological polar surface area (TPSA) is 114 Å². The second kappa shape index (κ2) is 13.0. The SMILES string of the molecule is O=[N+]([O-])c1cccc(-n2cnc3c(N(Cc4ccccc4)Cc4ccccc4)nc(Nc4cccc(N5CCOCC5)c4)nc32)c1. The first-order valence-electron chi connectivity index (χ1n) is 15.1. The van der Waals surface area contributed by atoms with Crippen LogP contribution in [0.1, 0.15) is 11.1 Å². The molecule has 0 bridgehead atoms. The first-order chi connectivity index (χ1) is 22.6. The van der Waals surface area contributed by atoms with E-state index in [4.69, 9.17) is 19.7 Å². The predicted molar refractivity (Wildman–Crippen MR) is 179 cm³/mol. The van der Waals surface area contributed by atoms with Crippen LogP contribution in [-0.2, 0) is 17.8 Å². The molecule has 46 heavy (non-hydrogen) atoms. The molecule has 1 N–H and O–H groups in total. The zero-order valence-corrected chi connectivity index (χ0v) is 25.1. The third-order valence-electron chi connectivity index (χ3n) is 7.91. The zero-order chi connectivity index (χ0) is 31.3. The molecule has 1 aliphatic heterocycles. The highest BCUT2D eigenvalue weighted by atomic mass is 16.6. The number of imidazole rings is 1. The van der Waals surface area contributed by atoms with Gasteiger partial charge >= 0.3 is 0 Å². The lowest BCUT2D eigenvalue weighted by Crippen LogP contribution is -2.36. The molecule has 0 aliphatic carbocycles. The quantitative estimate of drug-likeness (QED) is 0.137. The van der Waals surface area contributed by atoms with Crippen LogP contribution in [0.4, 0.5) is 28.8 Å². The molecule has 1 saturated heterocycles. The van der Waals surface area contributed by atoms with Gasteiger partial charge in [0.25, 0.3) is 5.69 Å². The second-order valence-corrected chi connectivity index (χ2v) is 11.0. The van der Waals surface area contributed by atoms with E-state index >= 15 is 0 Å². The van der Waals surface area contributed by atoms with Gasteiger partial charge in [0.15, 0.2) is 17.0 Å². The Balaban J connectivity index is 1.35. The average molecular weight is 613 g/mol. The fourth-order valence-electron chi connectivity index (χ4n) is 5.65. The van der Waals surface area contributed by atoms with E-state index in [2.05, 4.69) is 51.5 Å². The molecule has 7 rings (SSSR count). The summed E-state index contributed by atoms with van der Waals surface area (Å²) in [6.45, 7) is 4.20. The van der Waals surface area contributed by atoms with E-state index in [0.717, 1.165) is 35.6 Å². The minimum absolute atomic E-state index is 0.0123. The summed E-state index contributed by atoms with van der Waals surface area (Å²) in [4.78, 5) is 30.5. The Labute approximate surface area is 265 Å². The Morgan fingerprint density at radius 2 is 1.48 bits per heavy atom. The van der Waals surface area contributed by atoms with Gasteiger partial charge in [-0.3, -0.25) is 14.7 Å². The summed E-state index contributed by atoms with van der Waals surface area (Å²) in [5, 5.41) is 15.0. The molecule has 4 aromatic carbocycles. The minimum Gasteiger partial charge on any atom is -0.378 e. The van der Waals surface area contributed by atoms with Crippen LogP contribution in [0.25, 0.3) is 16.9 Å². The molecule has 3 heterocycles. The molecule has 0 radical (unpaired) electrons. The van der Waals surface area contributed by atoms with Crippen LogP contribution >= 0.6 is 0 Å². The lowest BCUT2D eigenvalue weighted by atomic mass is 10.1. The Kier molecular flexibility index (Phi) is 8.21. The van der Waals surface area contributed by atoms with Gasteiger partial charge in [0.2, 0.25) is 5.95 Å². The molecule has 0 unspecified atom stereocenters. The Morgan fingerprint density at radius 1 is 0.804 bits per heavy atom. The summed E-state index contributed by atoms with van der Waals surface area (Å²) in [5.41, 5.74) is 5.86. The highest BCUT2D eigenvalue weighted by Crippen LogP contribution is 2.31. The number of fused-ring (bicyclic) bond motifs is 1. The van der Waals surface area contributed by atoms with Crippen molar-refractivity contribution < 1.29 is 9.66 Å². The predicted octanol–water partition coefficient (Wildman–Crippen LogP) is 6.51. The summed E-state index contributed by atoms with van der Waals surface area (Å²) in [6, 6.07) is 35.1. The maximum atomic E-state index is 11.6. The van der Waals surface area contributed by atoms with Crippen LogP contribution in [0.2, 0.25) is 0 Å². The van der Waals surface area contributed by atoms with E-state index in [0.29, 0.717) is 54.9 Å². The van der Waals surface area contributed by atoms with E-state index in [1.54, 1.807) is 23.0 Å². The molecule has 0 atom stereocenters. The molecule has 11 nitrogen and oxygen atoms in total. The van der Waals surface area contributed by atoms with Gasteiger partial charge in [-0.25, -0.2) is 4.98 Å². The number of nitrogens with zero attached hydrogens (tertiary/aromatic N) is 7. The van der Waals surface area contributed by atoms with Crippen LogP contribution < -0.4 is 15.1 Å². The van der Waals surface area contributed by atoms with Crippen molar-refractivity contribution in [2.45, 2.75) is 13.1 Å². The number of nitro benzene ring substituents is 1. The van der Waals surface area contributed by atoms with Crippen LogP contribution in [0.3, 0.4) is 0 Å². The summed E-state index contributed by atoms with van der Waals surface area (Å²) >= 11 is 0. The van der Waals surface area contributed by atoms with Crippen molar-refractivity contribution in [3.05, 3.63) is 137 Å². The molecule has 230 valence electrons. The monoisotopic (exact) mass is 612 g/mol. The number of hydrogen-bond donors (Lipinski definition) is 1. The van der Waals surface area contributed by atoms with Gasteiger partial charge in [-0.15, -0.1) is 0 Å². The van der Waals surface area contributed by atoms with Crippen molar-refractivity contribution in [1.29, 1.82) is 0 Å². The smallest absolute Gasteiger partial charge is 0.271 e. The minimum atomic E-state index is -0.404. The van der Waals surface area contributed by atoms with Crippen LogP contribution in [0.5, 0.6) is 0 Å². The lowest BCUT2D eigenvalue weighted by Gasteiger charge is -2.29. The third kappa shape index (κ3) is 6.35. The number of benzene rings is 4. The van der Waals surface area contributed by atoms with E-state index in [-0.39, 0.29) is 5.69 Å². The lowest BCUT2D eigenvalue weighted by molar-refractivity contribution is -0.384. The van der Waals surface area contributed by atoms with Crippen LogP contribution in [-0.4, -0.2) is 50.7 Å². The van der Waals surface area contributed by atoms with Gasteiger partial charge in [-0.05, 0) is 35.4 Å². The number of aromatic nitrogens is 4. The molecular formula is C35H32N8O3. The summed E-state index contributed by atoms with van der Waals surface area (Å²) in [7, 11) is 0. The average Bonchev–Trinajstić information content (AvgIpc) is 3.53. The molecule has 1 fully saturated rings. The molecule has 11 heteroatoms. The van der Waals surface area contributed by atoms with Gasteiger partial charge < -0.3 is 19.9 Å². The first-order valence-corrected chi connectivity index (χ1v) is 15.1. The van der Waals surface area contributed by atoms with Crippen molar-refractivity contribution in [2.75, 3.05) is 41.4 Å². The Hall–Kier alpha value is -5.81. The molecule has 0 spiro atoms. The van der Waals surface area contributed by atoms with Gasteiger partial charge in [-0.1, -0.05) is 72.8 Å². The molecular weight excluding hydrogens is 580 g/mol. The number of ether oxygens (including phenoxy) is 1. The number of nitrogens with one attached hydrogen (secondary N) is 1. The molecule has 2 aromatic heterocycles. The van der Waals surface area contributed by atoms with E-state index in [9.17, 15) is 10.1 Å². The van der Waals surface area contributed by atoms with E-state index in [1.165, 1.54) is 12.1 Å². The highest BCUT2D eigenvalue weighted by Gasteiger charge is 2.21. The van der Waals surface area contributed by atoms with Gasteiger partial charge in [-0.2, -0.15) is 9.97 Å². The number of rotatable bonds is 10. The molecule has 1 aliphatic rings. The Bertz CT molecular complexity index is 1920. The van der Waals surface area contributed by atoms with Crippen molar-refractivity contribution in [1.82, 2.24) is 19.5 Å². The van der Waals surface area contributed by atoms with Gasteiger partial charge in [0, 0.05) is 49.7 Å². The fourth-order valence-corrected chi connectivity index (χ4v) is 5.65. The van der Waals surface area contributed by atoms with E-state index in [1.807, 2.05) is 48.5 Å². The van der Waals surface area contributed by atoms with Crippen molar-refractivity contribution in [3.8, 4) is 5.69 Å². The largest absolute Gasteiger partial charge is 0.378 e. The zero-order valence-electron chi connectivity index (χ0n) is 25.1. The van der Waals surface area contributed by atoms with Gasteiger partial charge in [0.05, 0.1) is 23.8 Å². The number of hydrogen-bond acceptors (Lipinski definition) is 9. The standard InChI is InChI=1S/C35H32N8O3/c44-43(45)31-16-8-15-30(22-31)42-25-36-32-33(41(23-26-9-3-1-4-10-26)24-27-11-5-2-6-12-27)38-35(39-34(32)42)37-28-13-7-14-29(21-28)40-17-19-46-20-18-40/h1-16,21-22,25H,17-20,23-24H2,(H,37,38,39). The van der Waals surface area contributed by atoms with E-state index < -0.39 is 4.92 Å². The number of morpholine rings is 1. The summed E-state index contributed by atoms with van der Waals surface area (Å²) < 4.78 is 7.31. The fraction of sp³-hybridized carbons (Fsp3) is 0.171. The maximum Gasteiger partial charge on any atom is 0.271 e. The summed E-state index contributed by atoms with van der Waals surface area (Å²) in [5.74, 6) is 1.04. The van der Waals surface area contributed by atoms with Crippen LogP contribution in [0.15, 0.2) is 116 Å². The third-order valence-corrected chi connectivity index (χ3v) is 7.91.